The topological polar surface area (TPSA) is 41.5 Å². The molecule has 0 aromatic heterocycles. The number of ether oxygens (including phenoxy) is 1. The highest BCUT2D eigenvalue weighted by Crippen LogP contribution is 2.11. The Balaban J connectivity index is 2.20. The number of aliphatic hydroxyl groups is 1. The minimum absolute atomic E-state index is 0.245. The average Bonchev–Trinajstić information content (AvgIpc) is 2.37. The smallest absolute Gasteiger partial charge is 0.118 e. The van der Waals surface area contributed by atoms with Crippen molar-refractivity contribution in [3.05, 3.63) is 29.8 Å². The molecule has 0 spiro atoms. The predicted molar refractivity (Wildman–Crippen MR) is 74.8 cm³/mol. The molecular weight excluding hydrogens is 226 g/mol. The summed E-state index contributed by atoms with van der Waals surface area (Å²) in [5.41, 5.74) is 1.20. The van der Waals surface area contributed by atoms with Gasteiger partial charge in [-0.1, -0.05) is 26.0 Å². The number of hydrogen-bond acceptors (Lipinski definition) is 3. The van der Waals surface area contributed by atoms with E-state index in [4.69, 9.17) is 4.74 Å². The van der Waals surface area contributed by atoms with Crippen molar-refractivity contribution in [2.75, 3.05) is 13.7 Å². The van der Waals surface area contributed by atoms with Gasteiger partial charge in [0.25, 0.3) is 0 Å². The van der Waals surface area contributed by atoms with Gasteiger partial charge >= 0.3 is 0 Å². The Labute approximate surface area is 110 Å². The van der Waals surface area contributed by atoms with Crippen LogP contribution in [0.4, 0.5) is 0 Å². The molecule has 3 nitrogen and oxygen atoms in total. The summed E-state index contributed by atoms with van der Waals surface area (Å²) in [6.07, 6.45) is 1.70. The van der Waals surface area contributed by atoms with Crippen LogP contribution in [0.25, 0.3) is 0 Å². The van der Waals surface area contributed by atoms with E-state index in [1.165, 1.54) is 5.56 Å². The van der Waals surface area contributed by atoms with Gasteiger partial charge in [0.1, 0.15) is 5.75 Å². The minimum Gasteiger partial charge on any atom is -0.497 e. The van der Waals surface area contributed by atoms with Crippen LogP contribution in [0.3, 0.4) is 0 Å². The summed E-state index contributed by atoms with van der Waals surface area (Å²) < 4.78 is 5.11. The van der Waals surface area contributed by atoms with Crippen LogP contribution in [0.2, 0.25) is 0 Å². The van der Waals surface area contributed by atoms with Crippen LogP contribution in [-0.4, -0.2) is 24.9 Å². The Bertz CT molecular complexity index is 322. The number of nitrogens with one attached hydrogen (secondary N) is 1. The summed E-state index contributed by atoms with van der Waals surface area (Å²) in [6.45, 7) is 5.79. The molecule has 18 heavy (non-hydrogen) atoms. The minimum atomic E-state index is -0.245. The highest BCUT2D eigenvalue weighted by molar-refractivity contribution is 5.26. The molecular formula is C15H25NO2. The molecule has 0 bridgehead atoms. The van der Waals surface area contributed by atoms with Crippen molar-refractivity contribution in [1.82, 2.24) is 5.32 Å². The first kappa shape index (κ1) is 15.0. The normalized spacial score (nSPS) is 12.7. The molecule has 0 saturated heterocycles. The van der Waals surface area contributed by atoms with Crippen LogP contribution < -0.4 is 10.1 Å². The fourth-order valence-electron chi connectivity index (χ4n) is 1.75. The van der Waals surface area contributed by atoms with Crippen LogP contribution in [0.1, 0.15) is 32.3 Å². The van der Waals surface area contributed by atoms with Gasteiger partial charge in [-0.3, -0.25) is 0 Å². The first-order valence-electron chi connectivity index (χ1n) is 6.63. The molecule has 102 valence electrons. The van der Waals surface area contributed by atoms with E-state index in [1.807, 2.05) is 24.3 Å². The first-order valence-corrected chi connectivity index (χ1v) is 6.63. The molecule has 0 radical (unpaired) electrons. The fourth-order valence-corrected chi connectivity index (χ4v) is 1.75. The lowest BCUT2D eigenvalue weighted by Crippen LogP contribution is -2.26. The van der Waals surface area contributed by atoms with E-state index >= 15 is 0 Å². The Morgan fingerprint density at radius 3 is 2.39 bits per heavy atom. The van der Waals surface area contributed by atoms with Crippen LogP contribution in [0, 0.1) is 5.92 Å². The van der Waals surface area contributed by atoms with Crippen LogP contribution in [-0.2, 0) is 6.54 Å². The van der Waals surface area contributed by atoms with Crippen LogP contribution in [0.15, 0.2) is 24.3 Å². The standard InChI is InChI=1S/C15H25NO2/c1-12(2)4-7-14(17)11-16-10-13-5-8-15(18-3)9-6-13/h5-6,8-9,12,14,16-17H,4,7,10-11H2,1-3H3/t14-/m0/s1. The second-order valence-electron chi connectivity index (χ2n) is 5.10. The molecule has 0 amide bonds. The quantitative estimate of drug-likeness (QED) is 0.746. The van der Waals surface area contributed by atoms with Gasteiger partial charge in [-0.15, -0.1) is 0 Å². The molecule has 1 aromatic carbocycles. The zero-order chi connectivity index (χ0) is 13.4. The lowest BCUT2D eigenvalue weighted by molar-refractivity contribution is 0.153. The van der Waals surface area contributed by atoms with Gasteiger partial charge < -0.3 is 15.2 Å². The molecule has 0 fully saturated rings. The molecule has 0 aliphatic heterocycles. The van der Waals surface area contributed by atoms with Crippen molar-refractivity contribution in [1.29, 1.82) is 0 Å². The third kappa shape index (κ3) is 6.03. The van der Waals surface area contributed by atoms with Gasteiger partial charge in [0.15, 0.2) is 0 Å². The van der Waals surface area contributed by atoms with E-state index in [0.29, 0.717) is 12.5 Å². The maximum Gasteiger partial charge on any atom is 0.118 e. The Morgan fingerprint density at radius 1 is 1.17 bits per heavy atom. The van der Waals surface area contributed by atoms with E-state index in [0.717, 1.165) is 25.1 Å². The number of benzene rings is 1. The highest BCUT2D eigenvalue weighted by atomic mass is 16.5. The summed E-state index contributed by atoms with van der Waals surface area (Å²) in [6, 6.07) is 7.97. The maximum absolute atomic E-state index is 9.78. The van der Waals surface area contributed by atoms with E-state index in [9.17, 15) is 5.11 Å². The largest absolute Gasteiger partial charge is 0.497 e. The summed E-state index contributed by atoms with van der Waals surface area (Å²) in [7, 11) is 1.67. The van der Waals surface area contributed by atoms with Crippen molar-refractivity contribution in [2.45, 2.75) is 39.3 Å². The summed E-state index contributed by atoms with van der Waals surface area (Å²) >= 11 is 0. The molecule has 0 saturated carbocycles. The second kappa shape index (κ2) is 8.11. The van der Waals surface area contributed by atoms with Crippen molar-refractivity contribution < 1.29 is 9.84 Å². The lowest BCUT2D eigenvalue weighted by atomic mass is 10.1. The van der Waals surface area contributed by atoms with Gasteiger partial charge in [0, 0.05) is 13.1 Å². The number of rotatable bonds is 8. The SMILES string of the molecule is COc1ccc(CNC[C@@H](O)CCC(C)C)cc1. The first-order chi connectivity index (χ1) is 8.61. The molecule has 1 aromatic rings. The molecule has 1 rings (SSSR count). The second-order valence-corrected chi connectivity index (χ2v) is 5.10. The van der Waals surface area contributed by atoms with Gasteiger partial charge in [-0.25, -0.2) is 0 Å². The van der Waals surface area contributed by atoms with Crippen molar-refractivity contribution in [3.8, 4) is 5.75 Å². The summed E-state index contributed by atoms with van der Waals surface area (Å²) in [5.74, 6) is 1.52. The van der Waals surface area contributed by atoms with Gasteiger partial charge in [-0.05, 0) is 36.5 Å². The maximum atomic E-state index is 9.78. The highest BCUT2D eigenvalue weighted by Gasteiger charge is 2.05. The predicted octanol–water partition coefficient (Wildman–Crippen LogP) is 2.58. The zero-order valence-corrected chi connectivity index (χ0v) is 11.6. The third-order valence-corrected chi connectivity index (χ3v) is 2.95. The zero-order valence-electron chi connectivity index (χ0n) is 11.6. The average molecular weight is 251 g/mol. The number of methoxy groups -OCH3 is 1. The fraction of sp³-hybridized carbons (Fsp3) is 0.600. The molecule has 0 unspecified atom stereocenters. The Hall–Kier alpha value is -1.06. The number of hydrogen-bond donors (Lipinski definition) is 2. The van der Waals surface area contributed by atoms with Gasteiger partial charge in [0.05, 0.1) is 13.2 Å². The Morgan fingerprint density at radius 2 is 1.83 bits per heavy atom. The van der Waals surface area contributed by atoms with Crippen molar-refractivity contribution in [2.24, 2.45) is 5.92 Å². The van der Waals surface area contributed by atoms with Crippen LogP contribution in [0.5, 0.6) is 5.75 Å². The van der Waals surface area contributed by atoms with Crippen molar-refractivity contribution >= 4 is 0 Å². The van der Waals surface area contributed by atoms with E-state index < -0.39 is 0 Å². The Kier molecular flexibility index (Phi) is 6.76. The molecule has 2 N–H and O–H groups in total. The summed E-state index contributed by atoms with van der Waals surface area (Å²) in [4.78, 5) is 0. The molecule has 3 heteroatoms. The summed E-state index contributed by atoms with van der Waals surface area (Å²) in [5, 5.41) is 13.0. The van der Waals surface area contributed by atoms with Gasteiger partial charge in [-0.2, -0.15) is 0 Å². The molecule has 0 heterocycles. The number of aliphatic hydroxyl groups excluding tert-OH is 1. The lowest BCUT2D eigenvalue weighted by Gasteiger charge is -2.13. The van der Waals surface area contributed by atoms with Crippen molar-refractivity contribution in [3.63, 3.8) is 0 Å². The molecule has 0 aliphatic carbocycles. The monoisotopic (exact) mass is 251 g/mol. The molecule has 1 atom stereocenters. The molecule has 0 aliphatic rings. The van der Waals surface area contributed by atoms with E-state index in [1.54, 1.807) is 7.11 Å². The van der Waals surface area contributed by atoms with E-state index in [2.05, 4.69) is 19.2 Å². The van der Waals surface area contributed by atoms with E-state index in [-0.39, 0.29) is 6.10 Å². The third-order valence-electron chi connectivity index (χ3n) is 2.95. The van der Waals surface area contributed by atoms with Gasteiger partial charge in [0.2, 0.25) is 0 Å². The van der Waals surface area contributed by atoms with Crippen LogP contribution >= 0.6 is 0 Å².